The van der Waals surface area contributed by atoms with Crippen molar-refractivity contribution in [1.82, 2.24) is 4.90 Å². The van der Waals surface area contributed by atoms with Crippen LogP contribution in [-0.2, 0) is 0 Å². The lowest BCUT2D eigenvalue weighted by atomic mass is 9.88. The van der Waals surface area contributed by atoms with E-state index in [1.165, 1.54) is 0 Å². The van der Waals surface area contributed by atoms with Crippen LogP contribution in [0.15, 0.2) is 36.4 Å². The summed E-state index contributed by atoms with van der Waals surface area (Å²) in [5.41, 5.74) is 4.34. The fourth-order valence-corrected chi connectivity index (χ4v) is 4.11. The Kier molecular flexibility index (Phi) is 6.26. The van der Waals surface area contributed by atoms with E-state index in [2.05, 4.69) is 0 Å². The number of likely N-dealkylation sites (tertiary alicyclic amines) is 1. The molecule has 1 aliphatic heterocycles. The Balaban J connectivity index is 1.74. The van der Waals surface area contributed by atoms with Gasteiger partial charge in [-0.1, -0.05) is 0 Å². The molecule has 0 aromatic heterocycles. The highest BCUT2D eigenvalue weighted by atomic mass is 16.5. The number of hydrogen-bond acceptors (Lipinski definition) is 4. The van der Waals surface area contributed by atoms with Gasteiger partial charge in [0, 0.05) is 49.9 Å². The van der Waals surface area contributed by atoms with Gasteiger partial charge in [0.15, 0.2) is 5.78 Å². The molecule has 1 fully saturated rings. The zero-order valence-electron chi connectivity index (χ0n) is 18.0. The van der Waals surface area contributed by atoms with E-state index in [0.717, 1.165) is 35.4 Å². The molecule has 1 saturated heterocycles. The van der Waals surface area contributed by atoms with Crippen LogP contribution in [0.5, 0.6) is 5.75 Å². The monoisotopic (exact) mass is 394 g/mol. The highest BCUT2D eigenvalue weighted by Gasteiger charge is 2.30. The smallest absolute Gasteiger partial charge is 0.253 e. The summed E-state index contributed by atoms with van der Waals surface area (Å²) in [5, 5.41) is 0. The molecule has 0 unspecified atom stereocenters. The Hall–Kier alpha value is -2.82. The fraction of sp³-hybridized carbons (Fsp3) is 0.417. The van der Waals surface area contributed by atoms with Crippen LogP contribution in [0, 0.1) is 19.8 Å². The molecule has 0 radical (unpaired) electrons. The zero-order valence-corrected chi connectivity index (χ0v) is 18.0. The molecule has 5 nitrogen and oxygen atoms in total. The molecule has 0 spiro atoms. The largest absolute Gasteiger partial charge is 0.496 e. The first kappa shape index (κ1) is 20.9. The minimum absolute atomic E-state index is 0.00472. The second-order valence-electron chi connectivity index (χ2n) is 8.04. The van der Waals surface area contributed by atoms with Crippen molar-refractivity contribution < 1.29 is 14.3 Å². The molecule has 1 amide bonds. The number of anilines is 1. The highest BCUT2D eigenvalue weighted by Crippen LogP contribution is 2.28. The van der Waals surface area contributed by atoms with Crippen molar-refractivity contribution in [3.8, 4) is 5.75 Å². The molecule has 1 atom stereocenters. The van der Waals surface area contributed by atoms with E-state index in [0.29, 0.717) is 24.2 Å². The quantitative estimate of drug-likeness (QED) is 0.716. The molecule has 0 saturated carbocycles. The van der Waals surface area contributed by atoms with Crippen molar-refractivity contribution in [2.24, 2.45) is 5.92 Å². The van der Waals surface area contributed by atoms with E-state index >= 15 is 0 Å². The molecule has 0 bridgehead atoms. The molecule has 2 aromatic rings. The normalized spacial score (nSPS) is 16.4. The van der Waals surface area contributed by atoms with Crippen LogP contribution in [0.4, 0.5) is 5.69 Å². The van der Waals surface area contributed by atoms with E-state index in [1.54, 1.807) is 7.11 Å². The van der Waals surface area contributed by atoms with Gasteiger partial charge in [-0.2, -0.15) is 0 Å². The first-order valence-electron chi connectivity index (χ1n) is 10.1. The maximum atomic E-state index is 13.1. The number of nitrogens with zero attached hydrogens (tertiary/aromatic N) is 2. The molecule has 1 aliphatic rings. The topological polar surface area (TPSA) is 49.9 Å². The van der Waals surface area contributed by atoms with E-state index in [1.807, 2.05) is 74.1 Å². The molecule has 3 rings (SSSR count). The maximum absolute atomic E-state index is 13.1. The van der Waals surface area contributed by atoms with Crippen molar-refractivity contribution in [2.75, 3.05) is 39.2 Å². The number of hydrogen-bond donors (Lipinski definition) is 0. The van der Waals surface area contributed by atoms with Gasteiger partial charge in [-0.3, -0.25) is 9.59 Å². The number of piperidine rings is 1. The summed E-state index contributed by atoms with van der Waals surface area (Å²) in [4.78, 5) is 29.9. The Morgan fingerprint density at radius 3 is 2.21 bits per heavy atom. The number of carbonyl (C=O) groups is 2. The van der Waals surface area contributed by atoms with Crippen LogP contribution < -0.4 is 9.64 Å². The number of benzene rings is 2. The van der Waals surface area contributed by atoms with Gasteiger partial charge in [0.2, 0.25) is 0 Å². The molecule has 2 aromatic carbocycles. The number of amides is 1. The Labute approximate surface area is 173 Å². The zero-order chi connectivity index (χ0) is 21.1. The average Bonchev–Trinajstić information content (AvgIpc) is 2.72. The average molecular weight is 395 g/mol. The highest BCUT2D eigenvalue weighted by molar-refractivity contribution is 6.00. The van der Waals surface area contributed by atoms with Crippen LogP contribution in [0.1, 0.15) is 44.7 Å². The lowest BCUT2D eigenvalue weighted by molar-refractivity contribution is 0.0637. The maximum Gasteiger partial charge on any atom is 0.253 e. The van der Waals surface area contributed by atoms with Crippen molar-refractivity contribution in [1.29, 1.82) is 0 Å². The van der Waals surface area contributed by atoms with E-state index < -0.39 is 0 Å². The first-order valence-corrected chi connectivity index (χ1v) is 10.1. The van der Waals surface area contributed by atoms with E-state index in [-0.39, 0.29) is 17.6 Å². The number of ketones is 1. The molecule has 0 aliphatic carbocycles. The molecule has 0 N–H and O–H groups in total. The van der Waals surface area contributed by atoms with Crippen molar-refractivity contribution in [3.05, 3.63) is 58.7 Å². The minimum Gasteiger partial charge on any atom is -0.496 e. The number of aryl methyl sites for hydroxylation is 2. The van der Waals surface area contributed by atoms with Gasteiger partial charge in [0.1, 0.15) is 5.75 Å². The van der Waals surface area contributed by atoms with Gasteiger partial charge in [0.25, 0.3) is 5.91 Å². The summed E-state index contributed by atoms with van der Waals surface area (Å²) < 4.78 is 5.41. The number of ether oxygens (including phenoxy) is 1. The fourth-order valence-electron chi connectivity index (χ4n) is 4.11. The predicted molar refractivity (Wildman–Crippen MR) is 116 cm³/mol. The Morgan fingerprint density at radius 2 is 1.66 bits per heavy atom. The van der Waals surface area contributed by atoms with E-state index in [9.17, 15) is 9.59 Å². The summed E-state index contributed by atoms with van der Waals surface area (Å²) in [5.74, 6) is 0.762. The minimum atomic E-state index is -0.166. The van der Waals surface area contributed by atoms with Crippen LogP contribution in [-0.4, -0.2) is 50.9 Å². The second-order valence-corrected chi connectivity index (χ2v) is 8.04. The number of rotatable bonds is 5. The lowest BCUT2D eigenvalue weighted by Gasteiger charge is -2.32. The summed E-state index contributed by atoms with van der Waals surface area (Å²) in [6, 6.07) is 11.4. The van der Waals surface area contributed by atoms with E-state index in [4.69, 9.17) is 4.74 Å². The van der Waals surface area contributed by atoms with Crippen molar-refractivity contribution >= 4 is 17.4 Å². The summed E-state index contributed by atoms with van der Waals surface area (Å²) in [6.07, 6.45) is 1.65. The number of Topliss-reactive ketones (excluding diaryl/α,β-unsaturated/α-hetero) is 1. The van der Waals surface area contributed by atoms with Crippen molar-refractivity contribution in [2.45, 2.75) is 26.7 Å². The number of carbonyl (C=O) groups excluding carboxylic acids is 2. The molecule has 5 heteroatoms. The first-order chi connectivity index (χ1) is 13.8. The van der Waals surface area contributed by atoms with Gasteiger partial charge in [0.05, 0.1) is 7.11 Å². The standard InChI is InChI=1S/C24H30N2O3/c1-16-13-20(14-17(2)23(16)29-5)22(27)19-7-6-12-26(15-19)24(28)18-8-10-21(11-9-18)25(3)4/h8-11,13-14,19H,6-7,12,15H2,1-5H3/t19-/m1/s1. The predicted octanol–water partition coefficient (Wildman–Crippen LogP) is 4.11. The molecular weight excluding hydrogens is 364 g/mol. The molecular formula is C24H30N2O3. The van der Waals surface area contributed by atoms with Crippen LogP contribution in [0.3, 0.4) is 0 Å². The Bertz CT molecular complexity index is 880. The second kappa shape index (κ2) is 8.68. The Morgan fingerprint density at radius 1 is 1.03 bits per heavy atom. The van der Waals surface area contributed by atoms with Gasteiger partial charge < -0.3 is 14.5 Å². The SMILES string of the molecule is COc1c(C)cc(C(=O)[C@@H]2CCCN(C(=O)c3ccc(N(C)C)cc3)C2)cc1C. The van der Waals surface area contributed by atoms with Crippen LogP contribution >= 0.6 is 0 Å². The summed E-state index contributed by atoms with van der Waals surface area (Å²) in [7, 11) is 5.59. The third kappa shape index (κ3) is 4.44. The van der Waals surface area contributed by atoms with Gasteiger partial charge >= 0.3 is 0 Å². The third-order valence-corrected chi connectivity index (χ3v) is 5.66. The molecule has 29 heavy (non-hydrogen) atoms. The van der Waals surface area contributed by atoms with Crippen LogP contribution in [0.25, 0.3) is 0 Å². The third-order valence-electron chi connectivity index (χ3n) is 5.66. The van der Waals surface area contributed by atoms with Crippen LogP contribution in [0.2, 0.25) is 0 Å². The number of methoxy groups -OCH3 is 1. The van der Waals surface area contributed by atoms with Gasteiger partial charge in [-0.25, -0.2) is 0 Å². The summed E-state index contributed by atoms with van der Waals surface area (Å²) in [6.45, 7) is 5.07. The van der Waals surface area contributed by atoms with Gasteiger partial charge in [-0.15, -0.1) is 0 Å². The van der Waals surface area contributed by atoms with Crippen molar-refractivity contribution in [3.63, 3.8) is 0 Å². The van der Waals surface area contributed by atoms with Gasteiger partial charge in [-0.05, 0) is 74.2 Å². The lowest BCUT2D eigenvalue weighted by Crippen LogP contribution is -2.42. The molecule has 1 heterocycles. The molecule has 154 valence electrons. The summed E-state index contributed by atoms with van der Waals surface area (Å²) >= 11 is 0.